The lowest BCUT2D eigenvalue weighted by Crippen LogP contribution is -2.13. The standard InChI is InChI=1S/C15H26N2O/c1-5-16-9-14-6-7-15(10-17-14)18-11-13(4)8-12(2)3/h6-7,10,12-13,16H,5,8-9,11H2,1-4H3. The normalized spacial score (nSPS) is 12.7. The van der Waals surface area contributed by atoms with E-state index in [0.717, 1.165) is 37.1 Å². The smallest absolute Gasteiger partial charge is 0.137 e. The van der Waals surface area contributed by atoms with Gasteiger partial charge in [0.2, 0.25) is 0 Å². The summed E-state index contributed by atoms with van der Waals surface area (Å²) in [7, 11) is 0. The van der Waals surface area contributed by atoms with Gasteiger partial charge >= 0.3 is 0 Å². The first-order chi connectivity index (χ1) is 8.61. The predicted molar refractivity (Wildman–Crippen MR) is 75.7 cm³/mol. The van der Waals surface area contributed by atoms with Gasteiger partial charge in [-0.05, 0) is 36.9 Å². The highest BCUT2D eigenvalue weighted by Crippen LogP contribution is 2.14. The SMILES string of the molecule is CCNCc1ccc(OCC(C)CC(C)C)cn1. The Morgan fingerprint density at radius 3 is 2.61 bits per heavy atom. The number of ether oxygens (including phenoxy) is 1. The van der Waals surface area contributed by atoms with E-state index >= 15 is 0 Å². The summed E-state index contributed by atoms with van der Waals surface area (Å²) >= 11 is 0. The average Bonchev–Trinajstić information content (AvgIpc) is 2.34. The third kappa shape index (κ3) is 6.01. The van der Waals surface area contributed by atoms with E-state index < -0.39 is 0 Å². The molecule has 18 heavy (non-hydrogen) atoms. The minimum absolute atomic E-state index is 0.589. The third-order valence-electron chi connectivity index (χ3n) is 2.76. The Hall–Kier alpha value is -1.09. The van der Waals surface area contributed by atoms with Gasteiger partial charge in [0.05, 0.1) is 18.5 Å². The summed E-state index contributed by atoms with van der Waals surface area (Å²) < 4.78 is 5.75. The fourth-order valence-corrected chi connectivity index (χ4v) is 1.97. The highest BCUT2D eigenvalue weighted by molar-refractivity contribution is 5.19. The fraction of sp³-hybridized carbons (Fsp3) is 0.667. The van der Waals surface area contributed by atoms with Crippen LogP contribution in [0.3, 0.4) is 0 Å². The molecule has 1 aromatic rings. The van der Waals surface area contributed by atoms with E-state index in [4.69, 9.17) is 4.74 Å². The van der Waals surface area contributed by atoms with Crippen LogP contribution in [0.25, 0.3) is 0 Å². The first-order valence-electron chi connectivity index (χ1n) is 6.90. The highest BCUT2D eigenvalue weighted by Gasteiger charge is 2.06. The molecule has 1 N–H and O–H groups in total. The van der Waals surface area contributed by atoms with Crippen molar-refractivity contribution in [3.63, 3.8) is 0 Å². The van der Waals surface area contributed by atoms with Gasteiger partial charge in [-0.3, -0.25) is 4.98 Å². The number of hydrogen-bond acceptors (Lipinski definition) is 3. The minimum Gasteiger partial charge on any atom is -0.492 e. The molecule has 0 spiro atoms. The maximum atomic E-state index is 5.75. The van der Waals surface area contributed by atoms with Crippen LogP contribution in [0, 0.1) is 11.8 Å². The number of aromatic nitrogens is 1. The Morgan fingerprint density at radius 1 is 1.28 bits per heavy atom. The molecule has 102 valence electrons. The van der Waals surface area contributed by atoms with Gasteiger partial charge in [0.1, 0.15) is 5.75 Å². The van der Waals surface area contributed by atoms with Crippen LogP contribution in [0.15, 0.2) is 18.3 Å². The topological polar surface area (TPSA) is 34.1 Å². The summed E-state index contributed by atoms with van der Waals surface area (Å²) in [4.78, 5) is 4.37. The molecule has 0 saturated heterocycles. The Kier molecular flexibility index (Phi) is 6.73. The Balaban J connectivity index is 2.34. The number of pyridine rings is 1. The Labute approximate surface area is 111 Å². The summed E-state index contributed by atoms with van der Waals surface area (Å²) in [6.45, 7) is 11.4. The van der Waals surface area contributed by atoms with Crippen molar-refractivity contribution in [2.75, 3.05) is 13.2 Å². The summed E-state index contributed by atoms with van der Waals surface area (Å²) in [6, 6.07) is 4.02. The van der Waals surface area contributed by atoms with Crippen molar-refractivity contribution < 1.29 is 4.74 Å². The van der Waals surface area contributed by atoms with Crippen molar-refractivity contribution in [2.24, 2.45) is 11.8 Å². The van der Waals surface area contributed by atoms with Crippen LogP contribution in [0.5, 0.6) is 5.75 Å². The van der Waals surface area contributed by atoms with Crippen molar-refractivity contribution >= 4 is 0 Å². The molecule has 0 bridgehead atoms. The molecule has 0 aliphatic heterocycles. The van der Waals surface area contributed by atoms with Gasteiger partial charge < -0.3 is 10.1 Å². The van der Waals surface area contributed by atoms with Crippen molar-refractivity contribution in [2.45, 2.75) is 40.7 Å². The second kappa shape index (κ2) is 8.09. The monoisotopic (exact) mass is 250 g/mol. The van der Waals surface area contributed by atoms with Gasteiger partial charge in [0.15, 0.2) is 0 Å². The molecule has 1 heterocycles. The molecule has 0 aromatic carbocycles. The second-order valence-corrected chi connectivity index (χ2v) is 5.31. The molecule has 0 amide bonds. The number of nitrogens with one attached hydrogen (secondary N) is 1. The minimum atomic E-state index is 0.589. The summed E-state index contributed by atoms with van der Waals surface area (Å²) in [5, 5.41) is 3.25. The summed E-state index contributed by atoms with van der Waals surface area (Å²) in [5.41, 5.74) is 1.06. The van der Waals surface area contributed by atoms with E-state index in [2.05, 4.69) is 38.0 Å². The third-order valence-corrected chi connectivity index (χ3v) is 2.76. The van der Waals surface area contributed by atoms with Crippen molar-refractivity contribution in [3.8, 4) is 5.75 Å². The van der Waals surface area contributed by atoms with Crippen LogP contribution in [0.2, 0.25) is 0 Å². The van der Waals surface area contributed by atoms with Crippen molar-refractivity contribution in [1.29, 1.82) is 0 Å². The van der Waals surface area contributed by atoms with Gasteiger partial charge in [-0.2, -0.15) is 0 Å². The van der Waals surface area contributed by atoms with E-state index in [-0.39, 0.29) is 0 Å². The first-order valence-corrected chi connectivity index (χ1v) is 6.90. The molecule has 0 fully saturated rings. The van der Waals surface area contributed by atoms with Gasteiger partial charge in [0, 0.05) is 6.54 Å². The number of hydrogen-bond donors (Lipinski definition) is 1. The van der Waals surface area contributed by atoms with Crippen LogP contribution in [-0.4, -0.2) is 18.1 Å². The molecule has 1 aromatic heterocycles. The van der Waals surface area contributed by atoms with Gasteiger partial charge in [-0.15, -0.1) is 0 Å². The molecule has 1 rings (SSSR count). The van der Waals surface area contributed by atoms with Crippen molar-refractivity contribution in [1.82, 2.24) is 10.3 Å². The molecule has 3 heteroatoms. The molecule has 0 saturated carbocycles. The summed E-state index contributed by atoms with van der Waals surface area (Å²) in [6.07, 6.45) is 3.01. The van der Waals surface area contributed by atoms with Gasteiger partial charge in [0.25, 0.3) is 0 Å². The molecule has 0 aliphatic rings. The molecule has 0 aliphatic carbocycles. The lowest BCUT2D eigenvalue weighted by atomic mass is 10.00. The zero-order valence-corrected chi connectivity index (χ0v) is 12.1. The fourth-order valence-electron chi connectivity index (χ4n) is 1.97. The average molecular weight is 250 g/mol. The van der Waals surface area contributed by atoms with Gasteiger partial charge in [-0.25, -0.2) is 0 Å². The largest absolute Gasteiger partial charge is 0.492 e. The maximum Gasteiger partial charge on any atom is 0.137 e. The Bertz CT molecular complexity index is 322. The number of nitrogens with zero attached hydrogens (tertiary/aromatic N) is 1. The van der Waals surface area contributed by atoms with Crippen molar-refractivity contribution in [3.05, 3.63) is 24.0 Å². The lowest BCUT2D eigenvalue weighted by Gasteiger charge is -2.15. The van der Waals surface area contributed by atoms with Crippen LogP contribution in [0.4, 0.5) is 0 Å². The quantitative estimate of drug-likeness (QED) is 0.769. The number of rotatable bonds is 8. The van der Waals surface area contributed by atoms with E-state index in [1.165, 1.54) is 6.42 Å². The van der Waals surface area contributed by atoms with Crippen LogP contribution >= 0.6 is 0 Å². The van der Waals surface area contributed by atoms with E-state index in [1.54, 1.807) is 0 Å². The Morgan fingerprint density at radius 2 is 2.06 bits per heavy atom. The molecular weight excluding hydrogens is 224 g/mol. The van der Waals surface area contributed by atoms with Crippen LogP contribution < -0.4 is 10.1 Å². The lowest BCUT2D eigenvalue weighted by molar-refractivity contribution is 0.238. The highest BCUT2D eigenvalue weighted by atomic mass is 16.5. The summed E-state index contributed by atoms with van der Waals surface area (Å²) in [5.74, 6) is 2.18. The molecule has 1 atom stereocenters. The van der Waals surface area contributed by atoms with Crippen LogP contribution in [0.1, 0.15) is 39.8 Å². The van der Waals surface area contributed by atoms with E-state index in [9.17, 15) is 0 Å². The second-order valence-electron chi connectivity index (χ2n) is 5.31. The molecule has 0 radical (unpaired) electrons. The predicted octanol–water partition coefficient (Wildman–Crippen LogP) is 3.25. The maximum absolute atomic E-state index is 5.75. The zero-order chi connectivity index (χ0) is 13.4. The molecule has 1 unspecified atom stereocenters. The van der Waals surface area contributed by atoms with Gasteiger partial charge in [-0.1, -0.05) is 27.7 Å². The van der Waals surface area contributed by atoms with E-state index in [1.807, 2.05) is 18.3 Å². The van der Waals surface area contributed by atoms with Crippen LogP contribution in [-0.2, 0) is 6.54 Å². The molecule has 3 nitrogen and oxygen atoms in total. The first kappa shape index (κ1) is 15.0. The molecular formula is C15H26N2O. The van der Waals surface area contributed by atoms with E-state index in [0.29, 0.717) is 5.92 Å². The zero-order valence-electron chi connectivity index (χ0n) is 12.1.